The summed E-state index contributed by atoms with van der Waals surface area (Å²) in [4.78, 5) is 56.1. The van der Waals surface area contributed by atoms with E-state index in [0.717, 1.165) is 16.0 Å². The number of halogens is 1. The van der Waals surface area contributed by atoms with Crippen molar-refractivity contribution in [1.29, 1.82) is 0 Å². The number of carbonyl (C=O) groups is 4. The monoisotopic (exact) mass is 477 g/mol. The van der Waals surface area contributed by atoms with E-state index in [2.05, 4.69) is 10.3 Å². The van der Waals surface area contributed by atoms with E-state index >= 15 is 0 Å². The Kier molecular flexibility index (Phi) is 6.17. The molecule has 2 heterocycles. The highest BCUT2D eigenvalue weighted by Crippen LogP contribution is 2.32. The van der Waals surface area contributed by atoms with Crippen LogP contribution in [0.15, 0.2) is 54.7 Å². The third-order valence-corrected chi connectivity index (χ3v) is 5.58. The summed E-state index contributed by atoms with van der Waals surface area (Å²) in [7, 11) is 0. The smallest absolute Gasteiger partial charge is 0.338 e. The Balaban J connectivity index is 1.50. The lowest BCUT2D eigenvalue weighted by Gasteiger charge is -2.17. The van der Waals surface area contributed by atoms with Crippen molar-refractivity contribution in [1.82, 2.24) is 4.98 Å². The van der Waals surface area contributed by atoms with Gasteiger partial charge in [0.2, 0.25) is 0 Å². The number of anilines is 2. The Bertz CT molecular complexity index is 1340. The molecular formula is C25H20ClN3O5. The fraction of sp³-hybridized carbons (Fsp3) is 0.160. The number of ether oxygens (including phenoxy) is 1. The van der Waals surface area contributed by atoms with Crippen LogP contribution in [-0.4, -0.2) is 34.8 Å². The SMILES string of the molecule is Cc1ccc(C)c(N2C(=O)c3ccc(C(=O)OC(C)C(=O)Nc4ccc(Cl)cn4)cc3C2=O)c1. The van der Waals surface area contributed by atoms with E-state index in [1.165, 1.54) is 37.4 Å². The minimum absolute atomic E-state index is 0.0481. The molecule has 0 radical (unpaired) electrons. The van der Waals surface area contributed by atoms with Crippen LogP contribution < -0.4 is 10.2 Å². The topological polar surface area (TPSA) is 106 Å². The number of carbonyl (C=O) groups excluding carboxylic acids is 4. The maximum atomic E-state index is 13.1. The molecule has 0 aliphatic carbocycles. The van der Waals surface area contributed by atoms with Gasteiger partial charge >= 0.3 is 5.97 Å². The van der Waals surface area contributed by atoms with Crippen LogP contribution in [0.4, 0.5) is 11.5 Å². The molecule has 1 aliphatic rings. The van der Waals surface area contributed by atoms with E-state index in [9.17, 15) is 19.2 Å². The molecule has 9 heteroatoms. The Morgan fingerprint density at radius 2 is 1.74 bits per heavy atom. The summed E-state index contributed by atoms with van der Waals surface area (Å²) >= 11 is 5.77. The zero-order chi connectivity index (χ0) is 24.6. The van der Waals surface area contributed by atoms with Crippen molar-refractivity contribution in [3.63, 3.8) is 0 Å². The number of nitrogens with one attached hydrogen (secondary N) is 1. The van der Waals surface area contributed by atoms with Gasteiger partial charge in [-0.05, 0) is 68.3 Å². The predicted molar refractivity (Wildman–Crippen MR) is 126 cm³/mol. The first-order valence-electron chi connectivity index (χ1n) is 10.4. The van der Waals surface area contributed by atoms with Crippen LogP contribution in [0, 0.1) is 13.8 Å². The van der Waals surface area contributed by atoms with E-state index in [1.807, 2.05) is 26.0 Å². The molecule has 1 aromatic heterocycles. The van der Waals surface area contributed by atoms with Crippen molar-refractivity contribution in [2.45, 2.75) is 26.9 Å². The minimum Gasteiger partial charge on any atom is -0.449 e. The van der Waals surface area contributed by atoms with Crippen LogP contribution in [-0.2, 0) is 9.53 Å². The normalized spacial score (nSPS) is 13.5. The summed E-state index contributed by atoms with van der Waals surface area (Å²) in [6, 6.07) is 12.7. The first kappa shape index (κ1) is 23.1. The molecule has 0 saturated heterocycles. The Morgan fingerprint density at radius 1 is 1.00 bits per heavy atom. The van der Waals surface area contributed by atoms with Crippen molar-refractivity contribution < 1.29 is 23.9 Å². The van der Waals surface area contributed by atoms with Gasteiger partial charge in [0, 0.05) is 6.20 Å². The van der Waals surface area contributed by atoms with E-state index in [-0.39, 0.29) is 22.5 Å². The Hall–Kier alpha value is -4.04. The molecule has 34 heavy (non-hydrogen) atoms. The number of hydrogen-bond donors (Lipinski definition) is 1. The highest BCUT2D eigenvalue weighted by molar-refractivity contribution is 6.35. The molecule has 172 valence electrons. The predicted octanol–water partition coefficient (Wildman–Crippen LogP) is 4.34. The van der Waals surface area contributed by atoms with Gasteiger partial charge in [0.1, 0.15) is 5.82 Å². The van der Waals surface area contributed by atoms with Gasteiger partial charge < -0.3 is 10.1 Å². The molecule has 1 atom stereocenters. The highest BCUT2D eigenvalue weighted by Gasteiger charge is 2.38. The molecule has 4 rings (SSSR count). The average Bonchev–Trinajstić information content (AvgIpc) is 3.06. The lowest BCUT2D eigenvalue weighted by molar-refractivity contribution is -0.123. The Labute approximate surface area is 200 Å². The van der Waals surface area contributed by atoms with Crippen LogP contribution in [0.1, 0.15) is 49.1 Å². The molecule has 0 spiro atoms. The number of amides is 3. The molecule has 1 N–H and O–H groups in total. The number of pyridine rings is 1. The second kappa shape index (κ2) is 9.07. The minimum atomic E-state index is -1.14. The Morgan fingerprint density at radius 3 is 2.44 bits per heavy atom. The number of esters is 1. The largest absolute Gasteiger partial charge is 0.449 e. The number of aromatic nitrogens is 1. The summed E-state index contributed by atoms with van der Waals surface area (Å²) in [5, 5.41) is 2.94. The van der Waals surface area contributed by atoms with Crippen LogP contribution in [0.25, 0.3) is 0 Å². The molecule has 3 amide bonds. The number of benzene rings is 2. The van der Waals surface area contributed by atoms with Crippen molar-refractivity contribution >= 4 is 46.8 Å². The molecule has 0 bridgehead atoms. The molecular weight excluding hydrogens is 458 g/mol. The van der Waals surface area contributed by atoms with Gasteiger partial charge in [-0.25, -0.2) is 14.7 Å². The number of fused-ring (bicyclic) bond motifs is 1. The highest BCUT2D eigenvalue weighted by atomic mass is 35.5. The number of aryl methyl sites for hydroxylation is 2. The average molecular weight is 478 g/mol. The molecule has 8 nitrogen and oxygen atoms in total. The van der Waals surface area contributed by atoms with Gasteiger partial charge in [-0.15, -0.1) is 0 Å². The summed E-state index contributed by atoms with van der Waals surface area (Å²) in [6.45, 7) is 5.09. The van der Waals surface area contributed by atoms with Gasteiger partial charge in [-0.1, -0.05) is 23.7 Å². The van der Waals surface area contributed by atoms with Gasteiger partial charge in [0.15, 0.2) is 6.10 Å². The first-order valence-corrected chi connectivity index (χ1v) is 10.8. The number of nitrogens with zero attached hydrogens (tertiary/aromatic N) is 2. The summed E-state index contributed by atoms with van der Waals surface area (Å²) in [6.07, 6.45) is 0.236. The van der Waals surface area contributed by atoms with Gasteiger partial charge in [0.05, 0.1) is 27.4 Å². The number of imide groups is 1. The van der Waals surface area contributed by atoms with Crippen LogP contribution >= 0.6 is 11.6 Å². The first-order chi connectivity index (χ1) is 16.2. The molecule has 0 fully saturated rings. The summed E-state index contributed by atoms with van der Waals surface area (Å²) < 4.78 is 5.25. The van der Waals surface area contributed by atoms with Crippen molar-refractivity contribution in [3.05, 3.63) is 87.6 Å². The molecule has 1 aliphatic heterocycles. The molecule has 1 unspecified atom stereocenters. The number of rotatable bonds is 5. The zero-order valence-corrected chi connectivity index (χ0v) is 19.3. The van der Waals surface area contributed by atoms with E-state index in [4.69, 9.17) is 16.3 Å². The quantitative estimate of drug-likeness (QED) is 0.433. The summed E-state index contributed by atoms with van der Waals surface area (Å²) in [5.74, 6) is -2.12. The second-order valence-corrected chi connectivity index (χ2v) is 8.33. The van der Waals surface area contributed by atoms with E-state index in [1.54, 1.807) is 12.1 Å². The van der Waals surface area contributed by atoms with Gasteiger partial charge in [-0.2, -0.15) is 0 Å². The van der Waals surface area contributed by atoms with Gasteiger partial charge in [0.25, 0.3) is 17.7 Å². The van der Waals surface area contributed by atoms with E-state index < -0.39 is 29.8 Å². The van der Waals surface area contributed by atoms with Crippen LogP contribution in [0.5, 0.6) is 0 Å². The second-order valence-electron chi connectivity index (χ2n) is 7.89. The number of hydrogen-bond acceptors (Lipinski definition) is 6. The third-order valence-electron chi connectivity index (χ3n) is 5.36. The standard InChI is InChI=1S/C25H20ClN3O5/c1-13-4-5-14(2)20(10-13)29-23(31)18-8-6-16(11-19(18)24(29)32)25(33)34-15(3)22(30)28-21-9-7-17(26)12-27-21/h4-12,15H,1-3H3,(H,27,28,30). The third kappa shape index (κ3) is 4.40. The fourth-order valence-electron chi connectivity index (χ4n) is 3.51. The molecule has 3 aromatic rings. The van der Waals surface area contributed by atoms with Gasteiger partial charge in [-0.3, -0.25) is 14.4 Å². The van der Waals surface area contributed by atoms with E-state index in [0.29, 0.717) is 10.7 Å². The van der Waals surface area contributed by atoms with Crippen LogP contribution in [0.2, 0.25) is 5.02 Å². The van der Waals surface area contributed by atoms with Crippen molar-refractivity contribution in [2.75, 3.05) is 10.2 Å². The maximum Gasteiger partial charge on any atom is 0.338 e. The lowest BCUT2D eigenvalue weighted by atomic mass is 10.1. The maximum absolute atomic E-state index is 13.1. The molecule has 0 saturated carbocycles. The lowest BCUT2D eigenvalue weighted by Crippen LogP contribution is -2.30. The van der Waals surface area contributed by atoms with Crippen molar-refractivity contribution in [2.24, 2.45) is 0 Å². The summed E-state index contributed by atoms with van der Waals surface area (Å²) in [5.41, 5.74) is 2.52. The fourth-order valence-corrected chi connectivity index (χ4v) is 3.62. The molecule has 2 aromatic carbocycles. The van der Waals surface area contributed by atoms with Crippen LogP contribution in [0.3, 0.4) is 0 Å². The van der Waals surface area contributed by atoms with Crippen molar-refractivity contribution in [3.8, 4) is 0 Å². The zero-order valence-electron chi connectivity index (χ0n) is 18.6.